The molecule has 646 valence electrons. The second kappa shape index (κ2) is 34.9. The number of benzene rings is 22. The average molecular weight is 1790 g/mol. The van der Waals surface area contributed by atoms with Crippen molar-refractivity contribution >= 4 is 63.0 Å². The zero-order valence-corrected chi connectivity index (χ0v) is 77.6. The molecule has 0 amide bonds. The first-order valence-corrected chi connectivity index (χ1v) is 49.7. The molecule has 28 rings (SSSR count). The van der Waals surface area contributed by atoms with Gasteiger partial charge in [-0.15, -0.1) is 22.7 Å². The Kier molecular flexibility index (Phi) is 20.8. The zero-order valence-electron chi connectivity index (χ0n) is 76.0. The summed E-state index contributed by atoms with van der Waals surface area (Å²) in [5, 5.41) is 5.37. The maximum Gasteiger partial charge on any atom is 0.0433 e. The topological polar surface area (TPSA) is 0 Å². The van der Waals surface area contributed by atoms with Crippen molar-refractivity contribution in [3.8, 4) is 189 Å². The Hall–Kier alpha value is -16.7. The molecular weight excluding hydrogens is 1700 g/mol. The van der Waals surface area contributed by atoms with Gasteiger partial charge in [-0.2, -0.15) is 0 Å². The minimum Gasteiger partial charge on any atom is -0.135 e. The summed E-state index contributed by atoms with van der Waals surface area (Å²) in [6.07, 6.45) is 3.86. The maximum absolute atomic E-state index is 2.43. The molecular formula is C136H90S2. The first-order valence-electron chi connectivity index (χ1n) is 48.0. The van der Waals surface area contributed by atoms with Gasteiger partial charge in [0.05, 0.1) is 0 Å². The van der Waals surface area contributed by atoms with Crippen molar-refractivity contribution in [1.29, 1.82) is 0 Å². The van der Waals surface area contributed by atoms with E-state index in [1.807, 2.05) is 22.7 Å². The number of hydrogen-bond acceptors (Lipinski definition) is 2. The molecule has 2 heterocycles. The van der Waals surface area contributed by atoms with Crippen LogP contribution in [0.5, 0.6) is 0 Å². The van der Waals surface area contributed by atoms with Crippen molar-refractivity contribution in [3.63, 3.8) is 0 Å². The van der Waals surface area contributed by atoms with Crippen LogP contribution in [0.25, 0.3) is 230 Å². The lowest BCUT2D eigenvalue weighted by Gasteiger charge is -2.12. The summed E-state index contributed by atoms with van der Waals surface area (Å²) in [6, 6.07) is 183. The summed E-state index contributed by atoms with van der Waals surface area (Å²) >= 11 is 3.80. The largest absolute Gasteiger partial charge is 0.135 e. The Morgan fingerprint density at radius 1 is 0.116 bits per heavy atom. The van der Waals surface area contributed by atoms with E-state index in [0.29, 0.717) is 0 Å². The number of thiophene rings is 2. The minimum atomic E-state index is 0.920. The summed E-state index contributed by atoms with van der Waals surface area (Å²) in [7, 11) is 0. The Bertz CT molecular complexity index is 8890. The van der Waals surface area contributed by atoms with Gasteiger partial charge in [-0.05, 0) is 308 Å². The second-order valence-corrected chi connectivity index (χ2v) is 39.1. The molecule has 0 saturated carbocycles. The third-order valence-corrected chi connectivity index (χ3v) is 31.6. The van der Waals surface area contributed by atoms with Gasteiger partial charge < -0.3 is 0 Å². The van der Waals surface area contributed by atoms with Gasteiger partial charge in [0, 0.05) is 40.3 Å². The van der Waals surface area contributed by atoms with E-state index in [9.17, 15) is 0 Å². The van der Waals surface area contributed by atoms with Crippen LogP contribution in [0.4, 0.5) is 0 Å². The van der Waals surface area contributed by atoms with Gasteiger partial charge in [0.1, 0.15) is 0 Å². The Balaban J connectivity index is 0.000000107. The van der Waals surface area contributed by atoms with Crippen LogP contribution in [0.1, 0.15) is 44.5 Å². The molecule has 0 bridgehead atoms. The van der Waals surface area contributed by atoms with Crippen LogP contribution in [0.3, 0.4) is 0 Å². The smallest absolute Gasteiger partial charge is 0.0433 e. The minimum absolute atomic E-state index is 0.920. The van der Waals surface area contributed by atoms with Crippen LogP contribution in [-0.4, -0.2) is 0 Å². The van der Waals surface area contributed by atoms with Crippen molar-refractivity contribution in [3.05, 3.63) is 542 Å². The van der Waals surface area contributed by atoms with Crippen molar-refractivity contribution in [2.45, 2.75) is 25.7 Å². The van der Waals surface area contributed by atoms with Crippen molar-refractivity contribution in [2.24, 2.45) is 0 Å². The first-order chi connectivity index (χ1) is 68.4. The third kappa shape index (κ3) is 14.9. The van der Waals surface area contributed by atoms with Gasteiger partial charge in [-0.3, -0.25) is 0 Å². The number of hydrogen-bond donors (Lipinski definition) is 0. The van der Waals surface area contributed by atoms with E-state index in [0.717, 1.165) is 25.7 Å². The monoisotopic (exact) mass is 1790 g/mol. The lowest BCUT2D eigenvalue weighted by molar-refractivity contribution is 1.25. The molecule has 0 nitrogen and oxygen atoms in total. The predicted molar refractivity (Wildman–Crippen MR) is 589 cm³/mol. The molecule has 0 fully saturated rings. The normalized spacial score (nSPS) is 12.1. The molecule has 0 radical (unpaired) electrons. The van der Waals surface area contributed by atoms with Gasteiger partial charge in [0.2, 0.25) is 0 Å². The fourth-order valence-electron chi connectivity index (χ4n) is 22.3. The lowest BCUT2D eigenvalue weighted by Crippen LogP contribution is -1.91. The second-order valence-electron chi connectivity index (χ2n) is 37.0. The van der Waals surface area contributed by atoms with E-state index in [2.05, 4.69) is 497 Å². The molecule has 2 heteroatoms. The molecule has 138 heavy (non-hydrogen) atoms. The van der Waals surface area contributed by atoms with Crippen molar-refractivity contribution in [1.82, 2.24) is 0 Å². The Morgan fingerprint density at radius 2 is 0.333 bits per heavy atom. The quantitative estimate of drug-likeness (QED) is 0.108. The fourth-order valence-corrected chi connectivity index (χ4v) is 24.8. The highest BCUT2D eigenvalue weighted by Gasteiger charge is 2.30. The van der Waals surface area contributed by atoms with Crippen molar-refractivity contribution < 1.29 is 0 Å². The lowest BCUT2D eigenvalue weighted by atomic mass is 9.92. The van der Waals surface area contributed by atoms with Crippen LogP contribution < -0.4 is 0 Å². The highest BCUT2D eigenvalue weighted by Crippen LogP contribution is 2.53. The van der Waals surface area contributed by atoms with E-state index in [-0.39, 0.29) is 0 Å². The molecule has 0 N–H and O–H groups in total. The molecule has 4 aliphatic carbocycles. The summed E-state index contributed by atoms with van der Waals surface area (Å²) in [5.41, 5.74) is 55.5. The molecule has 2 aromatic heterocycles. The van der Waals surface area contributed by atoms with E-state index >= 15 is 0 Å². The fraction of sp³-hybridized carbons (Fsp3) is 0.0294. The van der Waals surface area contributed by atoms with Gasteiger partial charge in [0.15, 0.2) is 0 Å². The number of fused-ring (bicyclic) bond motifs is 18. The SMILES string of the molecule is c1ccc(-c2ccc(-c3cccc(-c4cccc5c4Cc4c(-c6ccc7c(c6)-c6ccccc6C7)cccc4-5)c3)cc2)cc1.c1ccc(-c2ccc(-c3cccc(-c4cccc5c4Cc4c(-c6cccc(-c7cccc8c7sc7ccccc78)c6)cccc4-5)c3)cc2)cc1.c1ccc(-c2ccc(-c3cccc(-c4cccc5c4Cc4ccc(-c6cccc7c6sc6ccccc67)cc4-5)c3)cc2)cc1. The standard InChI is InChI=1S/C49H32S.C44H30.C43H28S/c1-2-11-32(12-3-1)33-25-27-34(28-26-33)35-13-6-14-36(29-35)39-18-8-21-42-43-22-9-19-40(47(43)31-46(39)42)37-15-7-16-38(30-37)41-20-10-23-45-44-17-4-5-24-48(44)50-49(41)45;1-2-9-29(10-3-1)30-19-21-31(22-20-30)32-12-6-13-34(25-32)38-15-7-17-40-41-18-8-16-39(44(41)28-43(38)40)36-24-23-35-26-33-11-4-5-14-37(33)42(35)27-36;1-2-9-28(10-3-1)29-19-21-30(22-20-29)31-11-6-12-32(25-31)35-14-7-16-37-40-26-33(23-24-34(40)27-41(35)37)36-15-8-17-39-38-13-4-5-18-42(38)44-43(36)39/h1-30H,31H2;1-25,27H,26,28H2;1-26H,27H2. The van der Waals surface area contributed by atoms with E-state index in [1.165, 1.54) is 274 Å². The molecule has 4 aliphatic rings. The Labute approximate surface area is 813 Å². The molecule has 0 unspecified atom stereocenters. The molecule has 22 aromatic carbocycles. The van der Waals surface area contributed by atoms with Gasteiger partial charge in [0.25, 0.3) is 0 Å². The van der Waals surface area contributed by atoms with Crippen LogP contribution in [0, 0.1) is 0 Å². The predicted octanol–water partition coefficient (Wildman–Crippen LogP) is 37.8. The van der Waals surface area contributed by atoms with Crippen LogP contribution in [0.2, 0.25) is 0 Å². The van der Waals surface area contributed by atoms with Gasteiger partial charge in [-0.1, -0.05) is 449 Å². The van der Waals surface area contributed by atoms with Crippen LogP contribution in [-0.2, 0) is 25.7 Å². The maximum atomic E-state index is 2.43. The van der Waals surface area contributed by atoms with E-state index in [4.69, 9.17) is 0 Å². The molecule has 24 aromatic rings. The molecule has 0 spiro atoms. The van der Waals surface area contributed by atoms with Crippen molar-refractivity contribution in [2.75, 3.05) is 0 Å². The van der Waals surface area contributed by atoms with Gasteiger partial charge in [-0.25, -0.2) is 0 Å². The average Bonchev–Trinajstić information content (AvgIpc) is 1.61. The summed E-state index contributed by atoms with van der Waals surface area (Å²) in [4.78, 5) is 0. The van der Waals surface area contributed by atoms with E-state index in [1.54, 1.807) is 0 Å². The highest BCUT2D eigenvalue weighted by molar-refractivity contribution is 7.26. The zero-order chi connectivity index (χ0) is 91.1. The summed E-state index contributed by atoms with van der Waals surface area (Å²) in [6.45, 7) is 0. The third-order valence-electron chi connectivity index (χ3n) is 29.1. The Morgan fingerprint density at radius 3 is 0.725 bits per heavy atom. The summed E-state index contributed by atoms with van der Waals surface area (Å²) < 4.78 is 5.41. The molecule has 0 atom stereocenters. The first kappa shape index (κ1) is 82.0. The van der Waals surface area contributed by atoms with Gasteiger partial charge >= 0.3 is 0 Å². The van der Waals surface area contributed by atoms with E-state index < -0.39 is 0 Å². The highest BCUT2D eigenvalue weighted by atomic mass is 32.1. The molecule has 0 saturated heterocycles. The van der Waals surface area contributed by atoms with Crippen LogP contribution in [0.15, 0.2) is 497 Å². The number of rotatable bonds is 13. The molecule has 0 aliphatic heterocycles. The van der Waals surface area contributed by atoms with Crippen LogP contribution >= 0.6 is 22.7 Å². The summed E-state index contributed by atoms with van der Waals surface area (Å²) in [5.74, 6) is 0.